The first-order chi connectivity index (χ1) is 13.5. The van der Waals surface area contributed by atoms with Crippen molar-refractivity contribution in [1.29, 1.82) is 0 Å². The van der Waals surface area contributed by atoms with Crippen LogP contribution in [0.5, 0.6) is 0 Å². The summed E-state index contributed by atoms with van der Waals surface area (Å²) in [6.45, 7) is 0.273. The number of nitrogens with one attached hydrogen (secondary N) is 2. The number of anilines is 1. The van der Waals surface area contributed by atoms with Crippen LogP contribution in [-0.4, -0.2) is 52.3 Å². The van der Waals surface area contributed by atoms with Crippen molar-refractivity contribution in [3.63, 3.8) is 0 Å². The molecule has 0 spiro atoms. The van der Waals surface area contributed by atoms with Gasteiger partial charge in [-0.2, -0.15) is 0 Å². The molecule has 0 aliphatic rings. The zero-order valence-electron chi connectivity index (χ0n) is 15.4. The summed E-state index contributed by atoms with van der Waals surface area (Å²) in [5.74, 6) is -1.48. The molecule has 0 aliphatic carbocycles. The number of hydrogen-bond donors (Lipinski definition) is 2. The molecule has 2 aromatic heterocycles. The number of rotatable bonds is 5. The fourth-order valence-electron chi connectivity index (χ4n) is 2.72. The van der Waals surface area contributed by atoms with Crippen LogP contribution in [0.25, 0.3) is 11.0 Å². The van der Waals surface area contributed by atoms with E-state index in [1.165, 1.54) is 0 Å². The molecule has 0 saturated carbocycles. The van der Waals surface area contributed by atoms with Crippen LogP contribution < -0.4 is 10.6 Å². The third-order valence-electron chi connectivity index (χ3n) is 4.18. The lowest BCUT2D eigenvalue weighted by atomic mass is 10.1. The summed E-state index contributed by atoms with van der Waals surface area (Å²) in [4.78, 5) is 39.1. The van der Waals surface area contributed by atoms with Crippen LogP contribution in [0.2, 0.25) is 0 Å². The third-order valence-corrected chi connectivity index (χ3v) is 4.98. The molecule has 1 aromatic carbocycles. The van der Waals surface area contributed by atoms with Crippen LogP contribution >= 0.6 is 15.9 Å². The highest BCUT2D eigenvalue weighted by Gasteiger charge is 2.20. The van der Waals surface area contributed by atoms with Crippen molar-refractivity contribution < 1.29 is 9.59 Å². The number of halogens is 1. The Morgan fingerprint density at radius 3 is 2.61 bits per heavy atom. The highest BCUT2D eigenvalue weighted by Crippen LogP contribution is 2.28. The lowest BCUT2D eigenvalue weighted by molar-refractivity contribution is -0.136. The minimum atomic E-state index is -0.757. The minimum Gasteiger partial charge on any atom is -0.346 e. The molecule has 2 heterocycles. The molecule has 3 aromatic rings. The predicted molar refractivity (Wildman–Crippen MR) is 110 cm³/mol. The number of amides is 2. The molecule has 144 valence electrons. The van der Waals surface area contributed by atoms with Gasteiger partial charge in [-0.05, 0) is 53.8 Å². The van der Waals surface area contributed by atoms with Crippen molar-refractivity contribution in [1.82, 2.24) is 25.2 Å². The first-order valence-corrected chi connectivity index (χ1v) is 9.31. The Bertz CT molecular complexity index is 996. The normalized spacial score (nSPS) is 12.0. The van der Waals surface area contributed by atoms with Gasteiger partial charge in [0.1, 0.15) is 5.52 Å². The Morgan fingerprint density at radius 2 is 1.89 bits per heavy atom. The smallest absolute Gasteiger partial charge is 0.313 e. The van der Waals surface area contributed by atoms with Crippen molar-refractivity contribution in [2.24, 2.45) is 0 Å². The summed E-state index contributed by atoms with van der Waals surface area (Å²) >= 11 is 3.41. The van der Waals surface area contributed by atoms with Gasteiger partial charge in [0.2, 0.25) is 0 Å². The molecule has 0 saturated heterocycles. The lowest BCUT2D eigenvalue weighted by Crippen LogP contribution is -2.40. The number of carbonyl (C=O) groups excluding carboxylic acids is 2. The van der Waals surface area contributed by atoms with E-state index in [2.05, 4.69) is 41.5 Å². The molecule has 0 aliphatic heterocycles. The van der Waals surface area contributed by atoms with Gasteiger partial charge in [0.05, 0.1) is 21.7 Å². The second-order valence-electron chi connectivity index (χ2n) is 6.28. The fourth-order valence-corrected chi connectivity index (χ4v) is 3.26. The second-order valence-corrected chi connectivity index (χ2v) is 7.07. The first-order valence-electron chi connectivity index (χ1n) is 8.52. The van der Waals surface area contributed by atoms with Crippen LogP contribution in [0.15, 0.2) is 53.5 Å². The predicted octanol–water partition coefficient (Wildman–Crippen LogP) is 2.14. The number of benzene rings is 1. The highest BCUT2D eigenvalue weighted by atomic mass is 79.9. The Hall–Kier alpha value is -2.91. The fraction of sp³-hybridized carbons (Fsp3) is 0.211. The maximum atomic E-state index is 12.3. The number of hydrogen-bond acceptors (Lipinski definition) is 6. The van der Waals surface area contributed by atoms with Crippen LogP contribution in [0.1, 0.15) is 11.6 Å². The van der Waals surface area contributed by atoms with Crippen molar-refractivity contribution in [3.05, 3.63) is 59.1 Å². The van der Waals surface area contributed by atoms with Gasteiger partial charge in [0.15, 0.2) is 0 Å². The molecule has 1 atom stereocenters. The van der Waals surface area contributed by atoms with Gasteiger partial charge in [-0.3, -0.25) is 24.5 Å². The summed E-state index contributed by atoms with van der Waals surface area (Å²) in [6, 6.07) is 7.06. The van der Waals surface area contributed by atoms with Gasteiger partial charge in [-0.1, -0.05) is 6.07 Å². The molecule has 0 radical (unpaired) electrons. The number of nitrogens with zero attached hydrogens (tertiary/aromatic N) is 4. The van der Waals surface area contributed by atoms with E-state index >= 15 is 0 Å². The van der Waals surface area contributed by atoms with Gasteiger partial charge in [-0.15, -0.1) is 0 Å². The molecule has 0 fully saturated rings. The Balaban J connectivity index is 1.66. The summed E-state index contributed by atoms with van der Waals surface area (Å²) in [5.41, 5.74) is 2.68. The SMILES string of the molecule is CN(C)C(CNC(=O)C(=O)Nc1ccc2nccnc2c1Br)c1cccnc1. The van der Waals surface area contributed by atoms with Crippen molar-refractivity contribution in [3.8, 4) is 0 Å². The number of pyridine rings is 1. The van der Waals surface area contributed by atoms with Gasteiger partial charge < -0.3 is 15.5 Å². The number of carbonyl (C=O) groups is 2. The zero-order chi connectivity index (χ0) is 20.1. The van der Waals surface area contributed by atoms with E-state index in [0.717, 1.165) is 5.56 Å². The van der Waals surface area contributed by atoms with Crippen molar-refractivity contribution >= 4 is 44.5 Å². The standard InChI is InChI=1S/C19H19BrN6O2/c1-26(2)15(12-4-3-7-21-10-12)11-24-18(27)19(28)25-13-5-6-14-17(16(13)20)23-9-8-22-14/h3-10,15H,11H2,1-2H3,(H,24,27)(H,25,28). The molecular weight excluding hydrogens is 424 g/mol. The summed E-state index contributed by atoms with van der Waals surface area (Å²) in [5, 5.41) is 5.28. The van der Waals surface area contributed by atoms with Crippen LogP contribution in [-0.2, 0) is 9.59 Å². The third kappa shape index (κ3) is 4.49. The zero-order valence-corrected chi connectivity index (χ0v) is 17.0. The Kier molecular flexibility index (Phi) is 6.27. The highest BCUT2D eigenvalue weighted by molar-refractivity contribution is 9.10. The van der Waals surface area contributed by atoms with Crippen molar-refractivity contribution in [2.45, 2.75) is 6.04 Å². The average Bonchev–Trinajstić information content (AvgIpc) is 2.70. The van der Waals surface area contributed by atoms with E-state index in [9.17, 15) is 9.59 Å². The maximum Gasteiger partial charge on any atom is 0.313 e. The van der Waals surface area contributed by atoms with E-state index in [1.807, 2.05) is 31.1 Å². The van der Waals surface area contributed by atoms with E-state index in [1.54, 1.807) is 36.9 Å². The monoisotopic (exact) mass is 442 g/mol. The molecule has 28 heavy (non-hydrogen) atoms. The summed E-state index contributed by atoms with van der Waals surface area (Å²) < 4.78 is 0.570. The van der Waals surface area contributed by atoms with Crippen molar-refractivity contribution in [2.75, 3.05) is 26.0 Å². The summed E-state index contributed by atoms with van der Waals surface area (Å²) in [7, 11) is 3.80. The van der Waals surface area contributed by atoms with E-state index < -0.39 is 11.8 Å². The van der Waals surface area contributed by atoms with E-state index in [4.69, 9.17) is 0 Å². The topological polar surface area (TPSA) is 100 Å². The molecule has 8 nitrogen and oxygen atoms in total. The van der Waals surface area contributed by atoms with Gasteiger partial charge >= 0.3 is 11.8 Å². The van der Waals surface area contributed by atoms with E-state index in [-0.39, 0.29) is 12.6 Å². The number of fused-ring (bicyclic) bond motifs is 1. The van der Waals surface area contributed by atoms with E-state index in [0.29, 0.717) is 21.2 Å². The second kappa shape index (κ2) is 8.85. The van der Waals surface area contributed by atoms with Crippen LogP contribution in [0.4, 0.5) is 5.69 Å². The van der Waals surface area contributed by atoms with Crippen LogP contribution in [0.3, 0.4) is 0 Å². The Labute approximate surface area is 170 Å². The molecular formula is C19H19BrN6O2. The van der Waals surface area contributed by atoms with Crippen LogP contribution in [0, 0.1) is 0 Å². The molecule has 2 N–H and O–H groups in total. The summed E-state index contributed by atoms with van der Waals surface area (Å²) in [6.07, 6.45) is 6.58. The molecule has 2 amide bonds. The molecule has 9 heteroatoms. The molecule has 0 bridgehead atoms. The van der Waals surface area contributed by atoms with Gasteiger partial charge in [0, 0.05) is 31.3 Å². The molecule has 3 rings (SSSR count). The largest absolute Gasteiger partial charge is 0.346 e. The lowest BCUT2D eigenvalue weighted by Gasteiger charge is -2.24. The van der Waals surface area contributed by atoms with Gasteiger partial charge in [-0.25, -0.2) is 0 Å². The maximum absolute atomic E-state index is 12.3. The quantitative estimate of drug-likeness (QED) is 0.587. The number of aromatic nitrogens is 3. The Morgan fingerprint density at radius 1 is 1.11 bits per heavy atom. The number of likely N-dealkylation sites (N-methyl/N-ethyl adjacent to an activating group) is 1. The molecule has 1 unspecified atom stereocenters. The first kappa shape index (κ1) is 19.8. The average molecular weight is 443 g/mol. The van der Waals surface area contributed by atoms with Gasteiger partial charge in [0.25, 0.3) is 0 Å². The minimum absolute atomic E-state index is 0.104.